The van der Waals surface area contributed by atoms with Crippen LogP contribution < -0.4 is 5.32 Å². The Labute approximate surface area is 107 Å². The van der Waals surface area contributed by atoms with Crippen molar-refractivity contribution in [3.63, 3.8) is 0 Å². The van der Waals surface area contributed by atoms with Gasteiger partial charge >= 0.3 is 0 Å². The molecule has 1 heterocycles. The number of aryl methyl sites for hydroxylation is 1. The zero-order chi connectivity index (χ0) is 12.2. The maximum absolute atomic E-state index is 3.96. The van der Waals surface area contributed by atoms with Crippen LogP contribution in [0.5, 0.6) is 0 Å². The van der Waals surface area contributed by atoms with Crippen molar-refractivity contribution in [3.05, 3.63) is 47.8 Å². The highest BCUT2D eigenvalue weighted by Gasteiger charge is 2.17. The molecule has 1 aromatic heterocycles. The van der Waals surface area contributed by atoms with Crippen LogP contribution >= 0.6 is 0 Å². The zero-order valence-electron chi connectivity index (χ0n) is 10.4. The van der Waals surface area contributed by atoms with Crippen molar-refractivity contribution in [2.75, 3.05) is 6.54 Å². The molecule has 2 aromatic rings. The molecule has 1 N–H and O–H groups in total. The summed E-state index contributed by atoms with van der Waals surface area (Å²) in [7, 11) is 0. The van der Waals surface area contributed by atoms with E-state index in [1.807, 2.05) is 10.9 Å². The van der Waals surface area contributed by atoms with Crippen LogP contribution in [-0.2, 0) is 19.4 Å². The maximum Gasteiger partial charge on any atom is 0.0692 e. The van der Waals surface area contributed by atoms with E-state index in [2.05, 4.69) is 39.9 Å². The highest BCUT2D eigenvalue weighted by molar-refractivity contribution is 5.30. The van der Waals surface area contributed by atoms with E-state index in [-0.39, 0.29) is 0 Å². The van der Waals surface area contributed by atoms with Gasteiger partial charge < -0.3 is 5.32 Å². The van der Waals surface area contributed by atoms with Gasteiger partial charge in [0.15, 0.2) is 0 Å². The van der Waals surface area contributed by atoms with Gasteiger partial charge in [0.05, 0.1) is 12.7 Å². The summed E-state index contributed by atoms with van der Waals surface area (Å²) in [5.74, 6) is 0. The minimum atomic E-state index is 0.600. The zero-order valence-corrected chi connectivity index (χ0v) is 10.4. The first kappa shape index (κ1) is 11.4. The van der Waals surface area contributed by atoms with Gasteiger partial charge in [-0.3, -0.25) is 4.68 Å². The van der Waals surface area contributed by atoms with Gasteiger partial charge in [0.1, 0.15) is 0 Å². The van der Waals surface area contributed by atoms with Gasteiger partial charge in [-0.15, -0.1) is 5.10 Å². The van der Waals surface area contributed by atoms with Crippen LogP contribution in [0, 0.1) is 0 Å². The van der Waals surface area contributed by atoms with E-state index < -0.39 is 0 Å². The Morgan fingerprint density at radius 2 is 2.17 bits per heavy atom. The van der Waals surface area contributed by atoms with Crippen molar-refractivity contribution in [1.82, 2.24) is 20.3 Å². The van der Waals surface area contributed by atoms with Gasteiger partial charge in [-0.2, -0.15) is 0 Å². The number of nitrogens with one attached hydrogen (secondary N) is 1. The molecule has 4 heteroatoms. The lowest BCUT2D eigenvalue weighted by Gasteiger charge is -2.25. The molecule has 0 bridgehead atoms. The summed E-state index contributed by atoms with van der Waals surface area (Å²) in [6.45, 7) is 1.84. The second-order valence-electron chi connectivity index (χ2n) is 4.83. The van der Waals surface area contributed by atoms with E-state index in [0.29, 0.717) is 6.04 Å². The van der Waals surface area contributed by atoms with Gasteiger partial charge in [0, 0.05) is 18.8 Å². The molecular formula is C14H18N4. The number of benzene rings is 1. The first-order chi connectivity index (χ1) is 8.92. The van der Waals surface area contributed by atoms with Crippen LogP contribution in [0.25, 0.3) is 0 Å². The Kier molecular flexibility index (Phi) is 3.37. The Bertz CT molecular complexity index is 492. The number of hydrogen-bond donors (Lipinski definition) is 1. The minimum absolute atomic E-state index is 0.600. The fraction of sp³-hybridized carbons (Fsp3) is 0.429. The number of fused-ring (bicyclic) bond motifs is 1. The largest absolute Gasteiger partial charge is 0.312 e. The van der Waals surface area contributed by atoms with Crippen LogP contribution in [0.15, 0.2) is 36.7 Å². The molecule has 0 fully saturated rings. The lowest BCUT2D eigenvalue weighted by molar-refractivity contribution is 0.433. The molecule has 0 saturated heterocycles. The summed E-state index contributed by atoms with van der Waals surface area (Å²) in [5.41, 5.74) is 3.02. The van der Waals surface area contributed by atoms with Crippen molar-refractivity contribution < 1.29 is 0 Å². The van der Waals surface area contributed by atoms with E-state index in [1.54, 1.807) is 6.20 Å². The van der Waals surface area contributed by atoms with Crippen molar-refractivity contribution in [2.24, 2.45) is 0 Å². The third kappa shape index (κ3) is 2.59. The smallest absolute Gasteiger partial charge is 0.0692 e. The van der Waals surface area contributed by atoms with Gasteiger partial charge in [0.25, 0.3) is 0 Å². The first-order valence-electron chi connectivity index (χ1n) is 6.56. The van der Waals surface area contributed by atoms with Crippen LogP contribution in [0.2, 0.25) is 0 Å². The number of hydrogen-bond acceptors (Lipinski definition) is 3. The summed E-state index contributed by atoms with van der Waals surface area (Å²) in [4.78, 5) is 0. The van der Waals surface area contributed by atoms with Crippen LogP contribution in [0.4, 0.5) is 0 Å². The Balaban J connectivity index is 1.51. The monoisotopic (exact) mass is 242 g/mol. The van der Waals surface area contributed by atoms with E-state index in [4.69, 9.17) is 0 Å². The van der Waals surface area contributed by atoms with Crippen LogP contribution in [0.3, 0.4) is 0 Å². The highest BCUT2D eigenvalue weighted by Crippen LogP contribution is 2.20. The molecule has 1 aliphatic carbocycles. The van der Waals surface area contributed by atoms with Crippen LogP contribution in [-0.4, -0.2) is 27.6 Å². The lowest BCUT2D eigenvalue weighted by atomic mass is 9.88. The molecular weight excluding hydrogens is 224 g/mol. The Morgan fingerprint density at radius 1 is 1.28 bits per heavy atom. The van der Waals surface area contributed by atoms with Gasteiger partial charge in [0.2, 0.25) is 0 Å². The number of aromatic nitrogens is 3. The predicted octanol–water partition coefficient (Wildman–Crippen LogP) is 1.43. The second kappa shape index (κ2) is 5.31. The molecule has 0 radical (unpaired) electrons. The Hall–Kier alpha value is -1.68. The molecule has 0 spiro atoms. The molecule has 0 amide bonds. The quantitative estimate of drug-likeness (QED) is 0.882. The first-order valence-corrected chi connectivity index (χ1v) is 6.56. The maximum atomic E-state index is 3.96. The normalized spacial score (nSPS) is 18.6. The molecule has 3 rings (SSSR count). The van der Waals surface area contributed by atoms with E-state index in [0.717, 1.165) is 19.5 Å². The Morgan fingerprint density at radius 3 is 3.00 bits per heavy atom. The van der Waals surface area contributed by atoms with Crippen molar-refractivity contribution in [3.8, 4) is 0 Å². The fourth-order valence-corrected chi connectivity index (χ4v) is 2.61. The van der Waals surface area contributed by atoms with E-state index in [1.165, 1.54) is 24.0 Å². The predicted molar refractivity (Wildman–Crippen MR) is 70.3 cm³/mol. The second-order valence-corrected chi connectivity index (χ2v) is 4.83. The summed E-state index contributed by atoms with van der Waals surface area (Å²) in [6.07, 6.45) is 7.19. The third-order valence-electron chi connectivity index (χ3n) is 3.59. The van der Waals surface area contributed by atoms with Gasteiger partial charge in [-0.25, -0.2) is 0 Å². The molecule has 18 heavy (non-hydrogen) atoms. The molecule has 1 atom stereocenters. The van der Waals surface area contributed by atoms with Crippen molar-refractivity contribution in [1.29, 1.82) is 0 Å². The minimum Gasteiger partial charge on any atom is -0.312 e. The lowest BCUT2D eigenvalue weighted by Crippen LogP contribution is -2.36. The average molecular weight is 242 g/mol. The molecule has 0 aliphatic heterocycles. The summed E-state index contributed by atoms with van der Waals surface area (Å²) in [5, 5.41) is 11.4. The fourth-order valence-electron chi connectivity index (χ4n) is 2.61. The third-order valence-corrected chi connectivity index (χ3v) is 3.59. The van der Waals surface area contributed by atoms with Crippen molar-refractivity contribution >= 4 is 0 Å². The topological polar surface area (TPSA) is 42.7 Å². The number of nitrogens with zero attached hydrogens (tertiary/aromatic N) is 3. The van der Waals surface area contributed by atoms with Crippen LogP contribution in [0.1, 0.15) is 17.5 Å². The number of rotatable bonds is 4. The molecule has 94 valence electrons. The SMILES string of the molecule is c1ccc2c(c1)CC[C@H](NCCn1ccnn1)C2. The standard InChI is InChI=1S/C14H18N4/c1-2-4-13-11-14(6-5-12(13)3-1)15-7-9-18-10-8-16-17-18/h1-4,8,10,14-15H,5-7,9,11H2/t14-/m0/s1. The van der Waals surface area contributed by atoms with E-state index >= 15 is 0 Å². The molecule has 4 nitrogen and oxygen atoms in total. The van der Waals surface area contributed by atoms with Gasteiger partial charge in [-0.1, -0.05) is 29.5 Å². The van der Waals surface area contributed by atoms with Gasteiger partial charge in [-0.05, 0) is 30.4 Å². The molecule has 1 aliphatic rings. The molecule has 0 saturated carbocycles. The van der Waals surface area contributed by atoms with E-state index in [9.17, 15) is 0 Å². The summed E-state index contributed by atoms with van der Waals surface area (Å²) >= 11 is 0. The molecule has 1 aromatic carbocycles. The average Bonchev–Trinajstić information content (AvgIpc) is 2.92. The summed E-state index contributed by atoms with van der Waals surface area (Å²) < 4.78 is 1.86. The molecule has 0 unspecified atom stereocenters. The highest BCUT2D eigenvalue weighted by atomic mass is 15.4. The van der Waals surface area contributed by atoms with Crippen molar-refractivity contribution in [2.45, 2.75) is 31.8 Å². The summed E-state index contributed by atoms with van der Waals surface area (Å²) in [6, 6.07) is 9.37.